The molecule has 2 heterocycles. The maximum Gasteiger partial charge on any atom is 0.410 e. The molecule has 1 amide bonds. The molecule has 0 bridgehead atoms. The molecule has 0 spiro atoms. The van der Waals surface area contributed by atoms with Crippen molar-refractivity contribution in [2.45, 2.75) is 38.9 Å². The number of hydrogen-bond donors (Lipinski definition) is 1. The quantitative estimate of drug-likeness (QED) is 0.915. The molecule has 1 saturated heterocycles. The van der Waals surface area contributed by atoms with Gasteiger partial charge in [-0.15, -0.1) is 0 Å². The van der Waals surface area contributed by atoms with Gasteiger partial charge in [-0.2, -0.15) is 0 Å². The van der Waals surface area contributed by atoms with Gasteiger partial charge in [-0.3, -0.25) is 0 Å². The summed E-state index contributed by atoms with van der Waals surface area (Å²) in [6.45, 7) is 6.72. The van der Waals surface area contributed by atoms with Crippen molar-refractivity contribution in [3.8, 4) is 5.75 Å². The van der Waals surface area contributed by atoms with E-state index in [2.05, 4.69) is 4.98 Å². The molecular formula is C18H23N3O3. The second-order valence-corrected chi connectivity index (χ2v) is 7.02. The zero-order valence-corrected chi connectivity index (χ0v) is 14.3. The normalized spacial score (nSPS) is 18.0. The zero-order valence-electron chi connectivity index (χ0n) is 14.3. The molecule has 1 aliphatic heterocycles. The number of ether oxygens (including phenoxy) is 2. The van der Waals surface area contributed by atoms with Crippen molar-refractivity contribution in [2.75, 3.05) is 18.8 Å². The maximum absolute atomic E-state index is 12.1. The number of para-hydroxylation sites is 1. The number of aromatic nitrogens is 1. The minimum Gasteiger partial charge on any atom is -0.486 e. The maximum atomic E-state index is 12.1. The fraction of sp³-hybridized carbons (Fsp3) is 0.444. The van der Waals surface area contributed by atoms with E-state index < -0.39 is 5.60 Å². The Bertz CT molecular complexity index is 755. The Labute approximate surface area is 141 Å². The van der Waals surface area contributed by atoms with E-state index in [-0.39, 0.29) is 12.2 Å². The van der Waals surface area contributed by atoms with E-state index >= 15 is 0 Å². The lowest BCUT2D eigenvalue weighted by Crippen LogP contribution is -2.36. The standard InChI is InChI=1S/C18H23N3O3/c1-18(2,3)24-17(22)21-10-9-13(11-21)23-14-6-4-5-12-7-8-15(19)20-16(12)14/h4-8,13H,9-11H2,1-3H3,(H2,19,20)/t13-/m0/s1. The number of fused-ring (bicyclic) bond motifs is 1. The Balaban J connectivity index is 1.70. The van der Waals surface area contributed by atoms with E-state index in [0.717, 1.165) is 17.3 Å². The van der Waals surface area contributed by atoms with Gasteiger partial charge in [0.15, 0.2) is 0 Å². The van der Waals surface area contributed by atoms with Crippen LogP contribution in [-0.2, 0) is 4.74 Å². The van der Waals surface area contributed by atoms with Gasteiger partial charge in [0.05, 0.1) is 6.54 Å². The van der Waals surface area contributed by atoms with Crippen LogP contribution in [0.25, 0.3) is 10.9 Å². The highest BCUT2D eigenvalue weighted by Gasteiger charge is 2.31. The van der Waals surface area contributed by atoms with Crippen LogP contribution in [0.5, 0.6) is 5.75 Å². The van der Waals surface area contributed by atoms with Crippen molar-refractivity contribution in [3.05, 3.63) is 30.3 Å². The summed E-state index contributed by atoms with van der Waals surface area (Å²) in [5.74, 6) is 1.15. The van der Waals surface area contributed by atoms with Gasteiger partial charge in [-0.1, -0.05) is 12.1 Å². The molecule has 2 N–H and O–H groups in total. The average molecular weight is 329 g/mol. The molecular weight excluding hydrogens is 306 g/mol. The minimum atomic E-state index is -0.493. The number of nitrogens with zero attached hydrogens (tertiary/aromatic N) is 2. The van der Waals surface area contributed by atoms with Gasteiger partial charge in [0.25, 0.3) is 0 Å². The van der Waals surface area contributed by atoms with E-state index in [0.29, 0.717) is 24.7 Å². The lowest BCUT2D eigenvalue weighted by Gasteiger charge is -2.24. The Hall–Kier alpha value is -2.50. The number of hydrogen-bond acceptors (Lipinski definition) is 5. The highest BCUT2D eigenvalue weighted by molar-refractivity contribution is 5.85. The summed E-state index contributed by atoms with van der Waals surface area (Å²) >= 11 is 0. The fourth-order valence-electron chi connectivity index (χ4n) is 2.73. The number of nitrogen functional groups attached to an aromatic ring is 1. The first-order valence-electron chi connectivity index (χ1n) is 8.12. The predicted molar refractivity (Wildman–Crippen MR) is 93.0 cm³/mol. The van der Waals surface area contributed by atoms with Crippen LogP contribution in [0, 0.1) is 0 Å². The largest absolute Gasteiger partial charge is 0.486 e. The van der Waals surface area contributed by atoms with E-state index in [9.17, 15) is 4.79 Å². The molecule has 0 saturated carbocycles. The second-order valence-electron chi connectivity index (χ2n) is 7.02. The number of carbonyl (C=O) groups excluding carboxylic acids is 1. The van der Waals surface area contributed by atoms with Crippen LogP contribution in [0.4, 0.5) is 10.6 Å². The summed E-state index contributed by atoms with van der Waals surface area (Å²) in [5, 5.41) is 0.976. The molecule has 1 fully saturated rings. The highest BCUT2D eigenvalue weighted by atomic mass is 16.6. The number of amides is 1. The van der Waals surface area contributed by atoms with Gasteiger partial charge < -0.3 is 20.1 Å². The number of rotatable bonds is 2. The predicted octanol–water partition coefficient (Wildman–Crippen LogP) is 3.21. The lowest BCUT2D eigenvalue weighted by atomic mass is 10.2. The Morgan fingerprint density at radius 1 is 1.29 bits per heavy atom. The third-order valence-corrected chi connectivity index (χ3v) is 3.80. The van der Waals surface area contributed by atoms with Crippen molar-refractivity contribution in [3.63, 3.8) is 0 Å². The Kier molecular flexibility index (Phi) is 4.22. The minimum absolute atomic E-state index is 0.0775. The van der Waals surface area contributed by atoms with Crippen LogP contribution in [0.1, 0.15) is 27.2 Å². The van der Waals surface area contributed by atoms with Crippen LogP contribution in [0.15, 0.2) is 30.3 Å². The molecule has 6 nitrogen and oxygen atoms in total. The van der Waals surface area contributed by atoms with Crippen molar-refractivity contribution in [1.82, 2.24) is 9.88 Å². The van der Waals surface area contributed by atoms with E-state index in [1.54, 1.807) is 11.0 Å². The third kappa shape index (κ3) is 3.69. The van der Waals surface area contributed by atoms with Gasteiger partial charge in [0, 0.05) is 18.4 Å². The number of likely N-dealkylation sites (tertiary alicyclic amines) is 1. The molecule has 1 aliphatic rings. The monoisotopic (exact) mass is 329 g/mol. The average Bonchev–Trinajstić information content (AvgIpc) is 2.95. The van der Waals surface area contributed by atoms with Gasteiger partial charge in [-0.25, -0.2) is 9.78 Å². The van der Waals surface area contributed by atoms with Gasteiger partial charge in [0.2, 0.25) is 0 Å². The number of nitrogens with two attached hydrogens (primary N) is 1. The summed E-state index contributed by atoms with van der Waals surface area (Å²) in [6.07, 6.45) is 0.387. The number of pyridine rings is 1. The van der Waals surface area contributed by atoms with Crippen LogP contribution in [-0.4, -0.2) is 40.8 Å². The summed E-state index contributed by atoms with van der Waals surface area (Å²) in [7, 11) is 0. The zero-order chi connectivity index (χ0) is 17.3. The number of anilines is 1. The number of carbonyl (C=O) groups is 1. The molecule has 1 atom stereocenters. The van der Waals surface area contributed by atoms with Crippen LogP contribution < -0.4 is 10.5 Å². The molecule has 0 aliphatic carbocycles. The highest BCUT2D eigenvalue weighted by Crippen LogP contribution is 2.27. The molecule has 2 aromatic rings. The molecule has 0 radical (unpaired) electrons. The van der Waals surface area contributed by atoms with Crippen LogP contribution in [0.2, 0.25) is 0 Å². The fourth-order valence-corrected chi connectivity index (χ4v) is 2.73. The smallest absolute Gasteiger partial charge is 0.410 e. The van der Waals surface area contributed by atoms with E-state index in [1.165, 1.54) is 0 Å². The molecule has 1 aromatic heterocycles. The first-order chi connectivity index (χ1) is 11.3. The summed E-state index contributed by atoms with van der Waals surface area (Å²) in [6, 6.07) is 9.47. The first kappa shape index (κ1) is 16.4. The van der Waals surface area contributed by atoms with E-state index in [4.69, 9.17) is 15.2 Å². The lowest BCUT2D eigenvalue weighted by molar-refractivity contribution is 0.0276. The third-order valence-electron chi connectivity index (χ3n) is 3.80. The van der Waals surface area contributed by atoms with Gasteiger partial charge in [0.1, 0.15) is 28.8 Å². The summed E-state index contributed by atoms with van der Waals surface area (Å²) in [5.41, 5.74) is 6.04. The number of benzene rings is 1. The molecule has 128 valence electrons. The van der Waals surface area contributed by atoms with Crippen molar-refractivity contribution < 1.29 is 14.3 Å². The molecule has 6 heteroatoms. The molecule has 0 unspecified atom stereocenters. The Morgan fingerprint density at radius 3 is 2.83 bits per heavy atom. The summed E-state index contributed by atoms with van der Waals surface area (Å²) in [4.78, 5) is 18.2. The topological polar surface area (TPSA) is 77.7 Å². The summed E-state index contributed by atoms with van der Waals surface area (Å²) < 4.78 is 11.5. The molecule has 3 rings (SSSR count). The van der Waals surface area contributed by atoms with Crippen molar-refractivity contribution in [2.24, 2.45) is 0 Å². The van der Waals surface area contributed by atoms with E-state index in [1.807, 2.05) is 45.0 Å². The van der Waals surface area contributed by atoms with Crippen molar-refractivity contribution >= 4 is 22.8 Å². The van der Waals surface area contributed by atoms with Crippen LogP contribution >= 0.6 is 0 Å². The van der Waals surface area contributed by atoms with Gasteiger partial charge >= 0.3 is 6.09 Å². The van der Waals surface area contributed by atoms with Crippen LogP contribution in [0.3, 0.4) is 0 Å². The molecule has 24 heavy (non-hydrogen) atoms. The van der Waals surface area contributed by atoms with Gasteiger partial charge in [-0.05, 0) is 39.0 Å². The first-order valence-corrected chi connectivity index (χ1v) is 8.12. The van der Waals surface area contributed by atoms with Crippen molar-refractivity contribution in [1.29, 1.82) is 0 Å². The Morgan fingerprint density at radius 2 is 2.08 bits per heavy atom. The second kappa shape index (κ2) is 6.19. The SMILES string of the molecule is CC(C)(C)OC(=O)N1CC[C@H](Oc2cccc3ccc(N)nc23)C1. The molecule has 1 aromatic carbocycles.